The van der Waals surface area contributed by atoms with Crippen LogP contribution in [0.1, 0.15) is 22.8 Å². The number of benzene rings is 2. The van der Waals surface area contributed by atoms with Crippen molar-refractivity contribution in [3.05, 3.63) is 59.7 Å². The van der Waals surface area contributed by atoms with E-state index in [9.17, 15) is 4.79 Å². The summed E-state index contributed by atoms with van der Waals surface area (Å²) < 4.78 is 17.0. The Bertz CT molecular complexity index is 935. The van der Waals surface area contributed by atoms with Crippen LogP contribution in [0.3, 0.4) is 0 Å². The molecule has 0 aliphatic carbocycles. The highest BCUT2D eigenvalue weighted by molar-refractivity contribution is 5.97. The number of carbonyl (C=O) groups is 1. The van der Waals surface area contributed by atoms with E-state index < -0.39 is 0 Å². The lowest BCUT2D eigenvalue weighted by atomic mass is 10.1. The van der Waals surface area contributed by atoms with Crippen LogP contribution >= 0.6 is 0 Å². The highest BCUT2D eigenvalue weighted by Crippen LogP contribution is 2.23. The molecule has 1 aromatic heterocycles. The summed E-state index contributed by atoms with van der Waals surface area (Å²) in [5, 5.41) is 4.27. The summed E-state index contributed by atoms with van der Waals surface area (Å²) in [5.41, 5.74) is 2.42. The van der Waals surface area contributed by atoms with E-state index in [0.29, 0.717) is 30.4 Å². The molecule has 0 aliphatic heterocycles. The summed E-state index contributed by atoms with van der Waals surface area (Å²) in [6.45, 7) is 2.78. The maximum atomic E-state index is 13.1. The van der Waals surface area contributed by atoms with Crippen molar-refractivity contribution in [3.8, 4) is 23.1 Å². The quantitative estimate of drug-likeness (QED) is 0.558. The summed E-state index contributed by atoms with van der Waals surface area (Å²) in [6.07, 6.45) is 0.932. The Kier molecular flexibility index (Phi) is 6.39. The van der Waals surface area contributed by atoms with Gasteiger partial charge in [-0.3, -0.25) is 4.79 Å². The first kappa shape index (κ1) is 19.6. The zero-order chi connectivity index (χ0) is 19.9. The van der Waals surface area contributed by atoms with E-state index in [1.807, 2.05) is 24.3 Å². The van der Waals surface area contributed by atoms with Crippen LogP contribution in [0.2, 0.25) is 0 Å². The normalized spacial score (nSPS) is 10.7. The number of hydrogen-bond donors (Lipinski definition) is 0. The van der Waals surface area contributed by atoms with E-state index in [0.717, 1.165) is 12.0 Å². The van der Waals surface area contributed by atoms with Crippen LogP contribution in [-0.2, 0) is 11.2 Å². The number of ether oxygens (including phenoxy) is 3. The third kappa shape index (κ3) is 4.37. The van der Waals surface area contributed by atoms with Crippen LogP contribution in [0.4, 0.5) is 0 Å². The topological polar surface area (TPSA) is 75.5 Å². The molecular weight excluding hydrogens is 358 g/mol. The molecule has 3 aromatic rings. The van der Waals surface area contributed by atoms with Gasteiger partial charge in [0.15, 0.2) is 5.82 Å². The molecule has 0 amide bonds. The van der Waals surface area contributed by atoms with Crippen molar-refractivity contribution < 1.29 is 19.0 Å². The molecule has 0 fully saturated rings. The summed E-state index contributed by atoms with van der Waals surface area (Å²) in [6, 6.07) is 14.9. The molecule has 2 aromatic carbocycles. The highest BCUT2D eigenvalue weighted by Gasteiger charge is 2.20. The fourth-order valence-electron chi connectivity index (χ4n) is 2.67. The number of aryl methyl sites for hydroxylation is 1. The molecule has 1 heterocycles. The fourth-order valence-corrected chi connectivity index (χ4v) is 2.67. The number of nitrogens with zero attached hydrogens (tertiary/aromatic N) is 3. The minimum atomic E-state index is -0.317. The van der Waals surface area contributed by atoms with Crippen LogP contribution in [0, 0.1) is 0 Å². The van der Waals surface area contributed by atoms with Gasteiger partial charge in [-0.2, -0.15) is 9.67 Å². The molecule has 0 saturated carbocycles. The molecule has 7 nitrogen and oxygen atoms in total. The third-order valence-electron chi connectivity index (χ3n) is 4.24. The molecule has 0 saturated heterocycles. The monoisotopic (exact) mass is 381 g/mol. The van der Waals surface area contributed by atoms with Crippen molar-refractivity contribution in [2.45, 2.75) is 13.3 Å². The van der Waals surface area contributed by atoms with E-state index >= 15 is 0 Å². The average Bonchev–Trinajstić information content (AvgIpc) is 3.17. The number of carbonyl (C=O) groups excluding carboxylic acids is 1. The van der Waals surface area contributed by atoms with E-state index in [1.165, 1.54) is 10.2 Å². The highest BCUT2D eigenvalue weighted by atomic mass is 16.5. The second-order valence-corrected chi connectivity index (χ2v) is 6.06. The van der Waals surface area contributed by atoms with Gasteiger partial charge in [-0.15, -0.1) is 5.10 Å². The smallest absolute Gasteiger partial charge is 0.336 e. The van der Waals surface area contributed by atoms with Gasteiger partial charge in [-0.1, -0.05) is 37.3 Å². The summed E-state index contributed by atoms with van der Waals surface area (Å²) in [4.78, 5) is 17.5. The second kappa shape index (κ2) is 9.14. The average molecular weight is 381 g/mol. The number of hydrogen-bond acceptors (Lipinski definition) is 6. The maximum absolute atomic E-state index is 13.1. The van der Waals surface area contributed by atoms with Gasteiger partial charge in [-0.05, 0) is 30.2 Å². The number of methoxy groups -OCH3 is 2. The molecule has 28 heavy (non-hydrogen) atoms. The molecule has 0 unspecified atom stereocenters. The second-order valence-electron chi connectivity index (χ2n) is 6.06. The Morgan fingerprint density at radius 1 is 1.07 bits per heavy atom. The largest absolute Gasteiger partial charge is 0.497 e. The van der Waals surface area contributed by atoms with Crippen molar-refractivity contribution in [2.75, 3.05) is 27.4 Å². The molecular formula is C21H23N3O4. The standard InChI is InChI=1S/C21H23N3O4/c1-4-15-8-10-16(11-9-15)19-22-21(28-13-12-26-2)23-24(19)20(25)17-6-5-7-18(14-17)27-3/h5-11,14H,4,12-13H2,1-3H3. The van der Waals surface area contributed by atoms with Gasteiger partial charge in [0.2, 0.25) is 0 Å². The van der Waals surface area contributed by atoms with Gasteiger partial charge in [0, 0.05) is 18.2 Å². The van der Waals surface area contributed by atoms with Crippen LogP contribution in [0.15, 0.2) is 48.5 Å². The summed E-state index contributed by atoms with van der Waals surface area (Å²) in [5.74, 6) is 0.696. The number of rotatable bonds is 8. The van der Waals surface area contributed by atoms with Crippen molar-refractivity contribution >= 4 is 5.91 Å². The van der Waals surface area contributed by atoms with Crippen LogP contribution in [0.5, 0.6) is 11.8 Å². The fraction of sp³-hybridized carbons (Fsp3) is 0.286. The van der Waals surface area contributed by atoms with Crippen molar-refractivity contribution in [2.24, 2.45) is 0 Å². The molecule has 0 aliphatic rings. The molecule has 7 heteroatoms. The SMILES string of the molecule is CCc1ccc(-c2nc(OCCOC)nn2C(=O)c2cccc(OC)c2)cc1. The van der Waals surface area contributed by atoms with Crippen LogP contribution < -0.4 is 9.47 Å². The van der Waals surface area contributed by atoms with Crippen molar-refractivity contribution in [3.63, 3.8) is 0 Å². The molecule has 146 valence electrons. The lowest BCUT2D eigenvalue weighted by Crippen LogP contribution is -2.15. The Morgan fingerprint density at radius 3 is 2.54 bits per heavy atom. The van der Waals surface area contributed by atoms with Crippen molar-refractivity contribution in [1.82, 2.24) is 14.8 Å². The molecule has 3 rings (SSSR count). The van der Waals surface area contributed by atoms with Crippen LogP contribution in [-0.4, -0.2) is 48.1 Å². The van der Waals surface area contributed by atoms with Gasteiger partial charge in [0.25, 0.3) is 5.91 Å². The first-order chi connectivity index (χ1) is 13.7. The van der Waals surface area contributed by atoms with E-state index in [4.69, 9.17) is 14.2 Å². The first-order valence-corrected chi connectivity index (χ1v) is 9.03. The Hall–Kier alpha value is -3.19. The van der Waals surface area contributed by atoms with E-state index in [-0.39, 0.29) is 11.9 Å². The Morgan fingerprint density at radius 2 is 1.86 bits per heavy atom. The van der Waals surface area contributed by atoms with E-state index in [1.54, 1.807) is 38.5 Å². The van der Waals surface area contributed by atoms with Crippen LogP contribution in [0.25, 0.3) is 11.4 Å². The van der Waals surface area contributed by atoms with Gasteiger partial charge >= 0.3 is 6.01 Å². The molecule has 0 atom stereocenters. The minimum absolute atomic E-state index is 0.128. The van der Waals surface area contributed by atoms with Crippen molar-refractivity contribution in [1.29, 1.82) is 0 Å². The molecule has 0 N–H and O–H groups in total. The van der Waals surface area contributed by atoms with Gasteiger partial charge in [-0.25, -0.2) is 0 Å². The molecule has 0 spiro atoms. The molecule has 0 radical (unpaired) electrons. The first-order valence-electron chi connectivity index (χ1n) is 9.03. The summed E-state index contributed by atoms with van der Waals surface area (Å²) in [7, 11) is 3.14. The zero-order valence-corrected chi connectivity index (χ0v) is 16.2. The van der Waals surface area contributed by atoms with Gasteiger partial charge < -0.3 is 14.2 Å². The number of aromatic nitrogens is 3. The summed E-state index contributed by atoms with van der Waals surface area (Å²) >= 11 is 0. The Balaban J connectivity index is 1.99. The predicted octanol–water partition coefficient (Wildman–Crippen LogP) is 3.23. The minimum Gasteiger partial charge on any atom is -0.497 e. The predicted molar refractivity (Wildman–Crippen MR) is 105 cm³/mol. The lowest BCUT2D eigenvalue weighted by molar-refractivity contribution is 0.0942. The zero-order valence-electron chi connectivity index (χ0n) is 16.2. The van der Waals surface area contributed by atoms with E-state index in [2.05, 4.69) is 17.0 Å². The third-order valence-corrected chi connectivity index (χ3v) is 4.24. The molecule has 0 bridgehead atoms. The van der Waals surface area contributed by atoms with Gasteiger partial charge in [0.1, 0.15) is 12.4 Å². The Labute approximate surface area is 163 Å². The maximum Gasteiger partial charge on any atom is 0.336 e. The lowest BCUT2D eigenvalue weighted by Gasteiger charge is -2.07. The van der Waals surface area contributed by atoms with Gasteiger partial charge in [0.05, 0.1) is 13.7 Å².